The summed E-state index contributed by atoms with van der Waals surface area (Å²) in [4.78, 5) is 4.56. The topological polar surface area (TPSA) is 11.4 Å². The summed E-state index contributed by atoms with van der Waals surface area (Å²) in [5.41, 5.74) is 9.21. The predicted octanol–water partition coefficient (Wildman–Crippen LogP) is 11.2. The molecule has 0 amide bonds. The van der Waals surface area contributed by atoms with Gasteiger partial charge in [-0.1, -0.05) is 84.9 Å². The Hall–Kier alpha value is -5.80. The van der Waals surface area contributed by atoms with Crippen LogP contribution in [0.2, 0.25) is 0 Å². The molecule has 0 saturated carbocycles. The second-order valence-corrected chi connectivity index (χ2v) is 11.1. The van der Waals surface area contributed by atoms with Gasteiger partial charge in [0.05, 0.1) is 11.0 Å². The first kappa shape index (κ1) is 25.9. The molecule has 0 saturated heterocycles. The quantitative estimate of drug-likeness (QED) is 0.199. The number of hydrogen-bond donors (Lipinski definition) is 0. The van der Waals surface area contributed by atoms with Gasteiger partial charge < -0.3 is 14.4 Å². The number of anilines is 5. The molecule has 0 bridgehead atoms. The molecule has 44 heavy (non-hydrogen) atoms. The van der Waals surface area contributed by atoms with Crippen molar-refractivity contribution in [3.63, 3.8) is 0 Å². The fourth-order valence-corrected chi connectivity index (χ4v) is 6.42. The van der Waals surface area contributed by atoms with E-state index in [4.69, 9.17) is 0 Å². The number of benzene rings is 7. The number of para-hydroxylation sites is 3. The zero-order chi connectivity index (χ0) is 29.5. The van der Waals surface area contributed by atoms with Gasteiger partial charge in [0.1, 0.15) is 0 Å². The van der Waals surface area contributed by atoms with Crippen LogP contribution in [0.1, 0.15) is 0 Å². The summed E-state index contributed by atoms with van der Waals surface area (Å²) in [6.07, 6.45) is 0. The van der Waals surface area contributed by atoms with E-state index < -0.39 is 0 Å². The Morgan fingerprint density at radius 3 is 1.66 bits per heavy atom. The Morgan fingerprint density at radius 1 is 0.409 bits per heavy atom. The Morgan fingerprint density at radius 2 is 0.932 bits per heavy atom. The van der Waals surface area contributed by atoms with Crippen LogP contribution in [0.25, 0.3) is 38.3 Å². The molecule has 8 rings (SSSR count). The summed E-state index contributed by atoms with van der Waals surface area (Å²) >= 11 is 0. The summed E-state index contributed by atoms with van der Waals surface area (Å²) in [7, 11) is 2.11. The van der Waals surface area contributed by atoms with Crippen LogP contribution in [0.15, 0.2) is 170 Å². The van der Waals surface area contributed by atoms with Crippen molar-refractivity contribution in [1.82, 2.24) is 4.57 Å². The highest BCUT2D eigenvalue weighted by Crippen LogP contribution is 2.42. The molecule has 0 aliphatic heterocycles. The van der Waals surface area contributed by atoms with Gasteiger partial charge >= 0.3 is 0 Å². The first-order valence-electron chi connectivity index (χ1n) is 15.0. The third-order valence-electron chi connectivity index (χ3n) is 8.56. The van der Waals surface area contributed by atoms with Crippen molar-refractivity contribution in [3.05, 3.63) is 170 Å². The third-order valence-corrected chi connectivity index (χ3v) is 8.56. The standard InChI is InChI=1S/C41H31N3/c1-42(31-14-5-2-6-15-31)32-22-24-35(25-23-32)43(33-16-7-3-8-17-33)36-26-28-39-38(29-36)41-37-20-12-11-13-30(37)21-27-40(41)44(39)34-18-9-4-10-19-34/h2-29H,1H3. The average molecular weight is 566 g/mol. The van der Waals surface area contributed by atoms with Crippen LogP contribution in [0, 0.1) is 0 Å². The lowest BCUT2D eigenvalue weighted by molar-refractivity contribution is 1.18. The van der Waals surface area contributed by atoms with E-state index in [-0.39, 0.29) is 0 Å². The zero-order valence-electron chi connectivity index (χ0n) is 24.5. The number of rotatable bonds is 6. The molecule has 1 heterocycles. The highest BCUT2D eigenvalue weighted by Gasteiger charge is 2.19. The monoisotopic (exact) mass is 565 g/mol. The smallest absolute Gasteiger partial charge is 0.0547 e. The molecule has 0 atom stereocenters. The Balaban J connectivity index is 1.33. The largest absolute Gasteiger partial charge is 0.345 e. The molecule has 210 valence electrons. The fraction of sp³-hybridized carbons (Fsp3) is 0.0244. The van der Waals surface area contributed by atoms with E-state index in [9.17, 15) is 0 Å². The summed E-state index contributed by atoms with van der Waals surface area (Å²) < 4.78 is 2.39. The van der Waals surface area contributed by atoms with Crippen LogP contribution in [0.3, 0.4) is 0 Å². The van der Waals surface area contributed by atoms with Gasteiger partial charge in [-0.15, -0.1) is 0 Å². The number of nitrogens with zero attached hydrogens (tertiary/aromatic N) is 3. The van der Waals surface area contributed by atoms with E-state index in [1.54, 1.807) is 0 Å². The Bertz CT molecular complexity index is 2220. The molecule has 8 aromatic rings. The van der Waals surface area contributed by atoms with Gasteiger partial charge in [-0.25, -0.2) is 0 Å². The average Bonchev–Trinajstić information content (AvgIpc) is 3.44. The normalized spacial score (nSPS) is 11.3. The van der Waals surface area contributed by atoms with E-state index in [0.29, 0.717) is 0 Å². The van der Waals surface area contributed by atoms with E-state index in [2.05, 4.69) is 191 Å². The fourth-order valence-electron chi connectivity index (χ4n) is 6.42. The van der Waals surface area contributed by atoms with Gasteiger partial charge in [-0.05, 0) is 95.7 Å². The Labute approximate surface area is 257 Å². The molecule has 3 heteroatoms. The molecule has 1 aromatic heterocycles. The molecular formula is C41H31N3. The predicted molar refractivity (Wildman–Crippen MR) is 187 cm³/mol. The molecule has 0 fully saturated rings. The van der Waals surface area contributed by atoms with Gasteiger partial charge in [0.2, 0.25) is 0 Å². The molecule has 0 spiro atoms. The van der Waals surface area contributed by atoms with Crippen LogP contribution < -0.4 is 9.80 Å². The molecule has 0 unspecified atom stereocenters. The molecule has 0 aliphatic rings. The molecular weight excluding hydrogens is 534 g/mol. The van der Waals surface area contributed by atoms with Crippen LogP contribution in [0.5, 0.6) is 0 Å². The van der Waals surface area contributed by atoms with E-state index in [1.165, 1.54) is 32.6 Å². The third kappa shape index (κ3) is 4.38. The van der Waals surface area contributed by atoms with Crippen LogP contribution in [-0.2, 0) is 0 Å². The first-order valence-corrected chi connectivity index (χ1v) is 15.0. The zero-order valence-corrected chi connectivity index (χ0v) is 24.5. The van der Waals surface area contributed by atoms with Crippen LogP contribution in [0.4, 0.5) is 28.4 Å². The molecule has 7 aromatic carbocycles. The van der Waals surface area contributed by atoms with Crippen molar-refractivity contribution >= 4 is 61.0 Å². The minimum Gasteiger partial charge on any atom is -0.345 e. The van der Waals surface area contributed by atoms with Crippen molar-refractivity contribution in [1.29, 1.82) is 0 Å². The van der Waals surface area contributed by atoms with Gasteiger partial charge in [-0.2, -0.15) is 0 Å². The van der Waals surface area contributed by atoms with Crippen molar-refractivity contribution < 1.29 is 0 Å². The maximum atomic E-state index is 2.39. The summed E-state index contributed by atoms with van der Waals surface area (Å²) in [5, 5.41) is 5.02. The number of hydrogen-bond acceptors (Lipinski definition) is 2. The minimum atomic E-state index is 1.11. The second-order valence-electron chi connectivity index (χ2n) is 11.1. The highest BCUT2D eigenvalue weighted by molar-refractivity contribution is 6.22. The summed E-state index contributed by atoms with van der Waals surface area (Å²) in [5.74, 6) is 0. The summed E-state index contributed by atoms with van der Waals surface area (Å²) in [6.45, 7) is 0. The van der Waals surface area contributed by atoms with Gasteiger partial charge in [0.25, 0.3) is 0 Å². The van der Waals surface area contributed by atoms with Gasteiger partial charge in [0, 0.05) is 51.9 Å². The van der Waals surface area contributed by atoms with Crippen LogP contribution >= 0.6 is 0 Å². The summed E-state index contributed by atoms with van der Waals surface area (Å²) in [6, 6.07) is 60.7. The molecule has 3 nitrogen and oxygen atoms in total. The van der Waals surface area contributed by atoms with Crippen molar-refractivity contribution in [2.45, 2.75) is 0 Å². The maximum absolute atomic E-state index is 2.39. The van der Waals surface area contributed by atoms with E-state index in [0.717, 1.165) is 34.1 Å². The molecule has 0 aliphatic carbocycles. The van der Waals surface area contributed by atoms with Crippen molar-refractivity contribution in [3.8, 4) is 5.69 Å². The van der Waals surface area contributed by atoms with Crippen molar-refractivity contribution in [2.75, 3.05) is 16.8 Å². The van der Waals surface area contributed by atoms with E-state index in [1.807, 2.05) is 0 Å². The first-order chi connectivity index (χ1) is 21.8. The minimum absolute atomic E-state index is 1.11. The lowest BCUT2D eigenvalue weighted by atomic mass is 10.0. The SMILES string of the molecule is CN(c1ccccc1)c1ccc(N(c2ccccc2)c2ccc3c(c2)c2c4ccccc4ccc2n3-c2ccccc2)cc1. The molecule has 0 N–H and O–H groups in total. The Kier molecular flexibility index (Phi) is 6.35. The number of aromatic nitrogens is 1. The van der Waals surface area contributed by atoms with Gasteiger partial charge in [0.15, 0.2) is 0 Å². The number of fused-ring (bicyclic) bond motifs is 5. The highest BCUT2D eigenvalue weighted by atomic mass is 15.1. The lowest BCUT2D eigenvalue weighted by Crippen LogP contribution is -2.11. The lowest BCUT2D eigenvalue weighted by Gasteiger charge is -2.27. The maximum Gasteiger partial charge on any atom is 0.0547 e. The van der Waals surface area contributed by atoms with Crippen molar-refractivity contribution in [2.24, 2.45) is 0 Å². The molecule has 0 radical (unpaired) electrons. The van der Waals surface area contributed by atoms with Gasteiger partial charge in [-0.3, -0.25) is 0 Å². The van der Waals surface area contributed by atoms with E-state index >= 15 is 0 Å². The second kappa shape index (κ2) is 10.8. The van der Waals surface area contributed by atoms with Crippen LogP contribution in [-0.4, -0.2) is 11.6 Å².